The Morgan fingerprint density at radius 3 is 2.18 bits per heavy atom. The summed E-state index contributed by atoms with van der Waals surface area (Å²) in [5, 5.41) is 3.83. The number of ether oxygens (including phenoxy) is 1. The molecule has 0 bridgehead atoms. The van der Waals surface area contributed by atoms with E-state index in [4.69, 9.17) is 9.72 Å². The van der Waals surface area contributed by atoms with E-state index >= 15 is 0 Å². The Bertz CT molecular complexity index is 1020. The molecular formula is C31H42N2O. The third kappa shape index (κ3) is 6.48. The molecule has 0 aliphatic rings. The van der Waals surface area contributed by atoms with Crippen LogP contribution in [-0.2, 0) is 19.4 Å². The average molecular weight is 459 g/mol. The number of hydrogen-bond donors (Lipinski definition) is 1. The molecule has 1 aromatic heterocycles. The van der Waals surface area contributed by atoms with E-state index in [0.29, 0.717) is 6.04 Å². The monoisotopic (exact) mass is 458 g/mol. The van der Waals surface area contributed by atoms with Crippen molar-refractivity contribution in [1.82, 2.24) is 10.3 Å². The van der Waals surface area contributed by atoms with Gasteiger partial charge in [0.25, 0.3) is 0 Å². The maximum atomic E-state index is 6.37. The van der Waals surface area contributed by atoms with Gasteiger partial charge in [0.2, 0.25) is 0 Å². The molecule has 3 nitrogen and oxygen atoms in total. The van der Waals surface area contributed by atoms with Crippen molar-refractivity contribution in [3.8, 4) is 17.0 Å². The minimum atomic E-state index is 0.102. The normalized spacial score (nSPS) is 12.2. The van der Waals surface area contributed by atoms with Gasteiger partial charge in [0.1, 0.15) is 5.75 Å². The van der Waals surface area contributed by atoms with Crippen LogP contribution >= 0.6 is 0 Å². The van der Waals surface area contributed by atoms with Crippen LogP contribution in [0.4, 0.5) is 0 Å². The van der Waals surface area contributed by atoms with Gasteiger partial charge in [-0.15, -0.1) is 0 Å². The highest BCUT2D eigenvalue weighted by molar-refractivity contribution is 5.70. The lowest BCUT2D eigenvalue weighted by Gasteiger charge is -2.23. The van der Waals surface area contributed by atoms with Crippen molar-refractivity contribution in [2.75, 3.05) is 0 Å². The Hall–Kier alpha value is -2.65. The largest absolute Gasteiger partial charge is 0.491 e. The first-order chi connectivity index (χ1) is 16.5. The van der Waals surface area contributed by atoms with Gasteiger partial charge in [0.05, 0.1) is 11.8 Å². The molecule has 3 aromatic rings. The summed E-state index contributed by atoms with van der Waals surface area (Å²) in [7, 11) is 0. The molecule has 34 heavy (non-hydrogen) atoms. The van der Waals surface area contributed by atoms with Gasteiger partial charge in [-0.05, 0) is 56.7 Å². The van der Waals surface area contributed by atoms with Crippen molar-refractivity contribution in [2.24, 2.45) is 0 Å². The Morgan fingerprint density at radius 1 is 0.912 bits per heavy atom. The molecule has 0 aliphatic heterocycles. The summed E-state index contributed by atoms with van der Waals surface area (Å²) in [5.41, 5.74) is 8.52. The predicted octanol–water partition coefficient (Wildman–Crippen LogP) is 7.99. The van der Waals surface area contributed by atoms with Gasteiger partial charge in [-0.2, -0.15) is 0 Å². The number of nitrogens with zero attached hydrogens (tertiary/aromatic N) is 1. The van der Waals surface area contributed by atoms with E-state index in [1.807, 2.05) is 0 Å². The van der Waals surface area contributed by atoms with E-state index in [1.54, 1.807) is 0 Å². The average Bonchev–Trinajstić information content (AvgIpc) is 2.84. The third-order valence-electron chi connectivity index (χ3n) is 6.48. The van der Waals surface area contributed by atoms with Crippen LogP contribution in [0.1, 0.15) is 87.9 Å². The Kier molecular flexibility index (Phi) is 9.71. The molecule has 0 spiro atoms. The van der Waals surface area contributed by atoms with Crippen molar-refractivity contribution in [3.63, 3.8) is 0 Å². The Labute approximate surface area is 207 Å². The second-order valence-corrected chi connectivity index (χ2v) is 9.38. The highest BCUT2D eigenvalue weighted by atomic mass is 16.5. The third-order valence-corrected chi connectivity index (χ3v) is 6.48. The van der Waals surface area contributed by atoms with Crippen LogP contribution in [0.15, 0.2) is 54.6 Å². The van der Waals surface area contributed by atoms with Crippen LogP contribution < -0.4 is 10.1 Å². The van der Waals surface area contributed by atoms with Crippen molar-refractivity contribution >= 4 is 0 Å². The first-order valence-electron chi connectivity index (χ1n) is 13.0. The summed E-state index contributed by atoms with van der Waals surface area (Å²) in [6.07, 6.45) is 5.60. The molecule has 1 unspecified atom stereocenters. The molecule has 0 fully saturated rings. The number of nitrogens with one attached hydrogen (secondary N) is 1. The molecular weight excluding hydrogens is 416 g/mol. The lowest BCUT2D eigenvalue weighted by molar-refractivity contribution is 0.238. The molecule has 0 amide bonds. The number of aryl methyl sites for hydroxylation is 3. The summed E-state index contributed by atoms with van der Waals surface area (Å²) in [5.74, 6) is 0.945. The topological polar surface area (TPSA) is 34.1 Å². The van der Waals surface area contributed by atoms with Crippen LogP contribution in [0.5, 0.6) is 5.75 Å². The SMILES string of the molecule is CCCCC(NCc1c(OC(C)C)cc(-c2c(CC)cccc2CC)nc1C)c1ccccc1. The summed E-state index contributed by atoms with van der Waals surface area (Å²) in [6.45, 7) is 13.7. The fourth-order valence-corrected chi connectivity index (χ4v) is 4.65. The van der Waals surface area contributed by atoms with Gasteiger partial charge in [0, 0.05) is 35.5 Å². The lowest BCUT2D eigenvalue weighted by atomic mass is 9.94. The van der Waals surface area contributed by atoms with Crippen LogP contribution in [0.25, 0.3) is 11.3 Å². The van der Waals surface area contributed by atoms with Crippen LogP contribution in [0.3, 0.4) is 0 Å². The molecule has 0 radical (unpaired) electrons. The summed E-state index contributed by atoms with van der Waals surface area (Å²) < 4.78 is 6.37. The van der Waals surface area contributed by atoms with Crippen LogP contribution in [-0.4, -0.2) is 11.1 Å². The van der Waals surface area contributed by atoms with E-state index in [-0.39, 0.29) is 6.10 Å². The van der Waals surface area contributed by atoms with E-state index in [9.17, 15) is 0 Å². The molecule has 3 heteroatoms. The molecule has 182 valence electrons. The zero-order valence-electron chi connectivity index (χ0n) is 21.9. The molecule has 1 heterocycles. The van der Waals surface area contributed by atoms with Crippen molar-refractivity contribution in [3.05, 3.63) is 82.5 Å². The minimum Gasteiger partial charge on any atom is -0.491 e. The smallest absolute Gasteiger partial charge is 0.128 e. The van der Waals surface area contributed by atoms with Gasteiger partial charge in [-0.3, -0.25) is 4.98 Å². The van der Waals surface area contributed by atoms with Crippen LogP contribution in [0, 0.1) is 6.92 Å². The summed E-state index contributed by atoms with van der Waals surface area (Å²) >= 11 is 0. The van der Waals surface area contributed by atoms with Gasteiger partial charge in [-0.25, -0.2) is 0 Å². The molecule has 3 rings (SSSR count). The number of hydrogen-bond acceptors (Lipinski definition) is 3. The fraction of sp³-hybridized carbons (Fsp3) is 0.452. The Balaban J connectivity index is 1.98. The highest BCUT2D eigenvalue weighted by Crippen LogP contribution is 2.34. The minimum absolute atomic E-state index is 0.102. The molecule has 0 saturated carbocycles. The molecule has 2 aromatic carbocycles. The zero-order valence-corrected chi connectivity index (χ0v) is 21.9. The number of rotatable bonds is 12. The highest BCUT2D eigenvalue weighted by Gasteiger charge is 2.19. The maximum Gasteiger partial charge on any atom is 0.128 e. The summed E-state index contributed by atoms with van der Waals surface area (Å²) in [4.78, 5) is 5.12. The van der Waals surface area contributed by atoms with E-state index in [2.05, 4.69) is 101 Å². The van der Waals surface area contributed by atoms with Crippen molar-refractivity contribution in [2.45, 2.75) is 92.3 Å². The zero-order chi connectivity index (χ0) is 24.5. The second-order valence-electron chi connectivity index (χ2n) is 9.38. The number of pyridine rings is 1. The number of benzene rings is 2. The standard InChI is InChI=1S/C31H42N2O/c1-7-10-19-28(26-15-12-11-13-16-26)32-21-27-23(6)33-29(20-30(27)34-22(4)5)31-24(8-2)17-14-18-25(31)9-3/h11-18,20,22,28,32H,7-10,19,21H2,1-6H3. The lowest BCUT2D eigenvalue weighted by Crippen LogP contribution is -2.22. The first kappa shape index (κ1) is 26.0. The predicted molar refractivity (Wildman–Crippen MR) is 144 cm³/mol. The fourth-order valence-electron chi connectivity index (χ4n) is 4.65. The van der Waals surface area contributed by atoms with Gasteiger partial charge in [-0.1, -0.05) is 82.1 Å². The maximum absolute atomic E-state index is 6.37. The van der Waals surface area contributed by atoms with Gasteiger partial charge in [0.15, 0.2) is 0 Å². The van der Waals surface area contributed by atoms with E-state index < -0.39 is 0 Å². The molecule has 0 saturated heterocycles. The Morgan fingerprint density at radius 2 is 1.59 bits per heavy atom. The molecule has 1 N–H and O–H groups in total. The summed E-state index contributed by atoms with van der Waals surface area (Å²) in [6, 6.07) is 19.9. The van der Waals surface area contributed by atoms with Gasteiger partial charge < -0.3 is 10.1 Å². The van der Waals surface area contributed by atoms with Crippen molar-refractivity contribution in [1.29, 1.82) is 0 Å². The van der Waals surface area contributed by atoms with E-state index in [0.717, 1.165) is 48.5 Å². The van der Waals surface area contributed by atoms with Crippen LogP contribution in [0.2, 0.25) is 0 Å². The van der Waals surface area contributed by atoms with E-state index in [1.165, 1.54) is 35.1 Å². The van der Waals surface area contributed by atoms with Crippen molar-refractivity contribution < 1.29 is 4.74 Å². The number of unbranched alkanes of at least 4 members (excludes halogenated alkanes) is 1. The van der Waals surface area contributed by atoms with Gasteiger partial charge >= 0.3 is 0 Å². The quantitative estimate of drug-likeness (QED) is 0.299. The first-order valence-corrected chi connectivity index (χ1v) is 13.0. The molecule has 1 atom stereocenters. The second kappa shape index (κ2) is 12.7. The molecule has 0 aliphatic carbocycles. The number of aromatic nitrogens is 1.